The van der Waals surface area contributed by atoms with Crippen molar-refractivity contribution in [2.45, 2.75) is 6.92 Å². The fourth-order valence-corrected chi connectivity index (χ4v) is 0.642. The minimum absolute atomic E-state index is 0.398. The molecule has 0 aliphatic carbocycles. The van der Waals surface area contributed by atoms with E-state index in [0.717, 1.165) is 0 Å². The van der Waals surface area contributed by atoms with Gasteiger partial charge in [-0.15, -0.1) is 0 Å². The molecule has 0 radical (unpaired) electrons. The smallest absolute Gasteiger partial charge is 0.238 e. The van der Waals surface area contributed by atoms with Gasteiger partial charge in [0, 0.05) is 0 Å². The Balaban J connectivity index is 4.61. The molecule has 1 unspecified atom stereocenters. The highest BCUT2D eigenvalue weighted by Gasteiger charge is 2.12. The van der Waals surface area contributed by atoms with Crippen LogP contribution < -0.4 is 0 Å². The Bertz CT molecular complexity index is 315. The molecule has 14 heavy (non-hydrogen) atoms. The van der Waals surface area contributed by atoms with Crippen LogP contribution in [0.25, 0.3) is 0 Å². The summed E-state index contributed by atoms with van der Waals surface area (Å²) in [5.74, 6) is -4.63. The van der Waals surface area contributed by atoms with E-state index in [0.29, 0.717) is 12.2 Å². The number of hydrogen-bond acceptors (Lipinski definition) is 2. The summed E-state index contributed by atoms with van der Waals surface area (Å²) in [7, 11) is 0. The molecule has 0 aliphatic heterocycles. The van der Waals surface area contributed by atoms with Gasteiger partial charge in [0.15, 0.2) is 11.7 Å². The highest BCUT2D eigenvalue weighted by molar-refractivity contribution is 5.96. The normalized spacial score (nSPS) is 14.8. The van der Waals surface area contributed by atoms with Gasteiger partial charge in [-0.05, 0) is 12.2 Å². The van der Waals surface area contributed by atoms with Crippen molar-refractivity contribution in [1.82, 2.24) is 0 Å². The lowest BCUT2D eigenvalue weighted by Gasteiger charge is -1.98. The predicted octanol–water partition coefficient (Wildman–Crippen LogP) is 2.39. The molecule has 0 N–H and O–H groups in total. The maximum absolute atomic E-state index is 12.7. The van der Waals surface area contributed by atoms with Gasteiger partial charge in [0.2, 0.25) is 5.78 Å². The molecule has 0 aromatic heterocycles. The minimum atomic E-state index is -1.37. The van der Waals surface area contributed by atoms with Gasteiger partial charge in [-0.25, -0.2) is 13.2 Å². The first-order valence-corrected chi connectivity index (χ1v) is 3.76. The topological polar surface area (TPSA) is 40.9 Å². The summed E-state index contributed by atoms with van der Waals surface area (Å²) < 4.78 is 36.8. The molecule has 0 rings (SSSR count). The molecule has 0 saturated carbocycles. The molecule has 0 aliphatic rings. The molecule has 0 saturated heterocycles. The first-order valence-electron chi connectivity index (χ1n) is 3.76. The van der Waals surface area contributed by atoms with Crippen molar-refractivity contribution < 1.29 is 18.0 Å². The van der Waals surface area contributed by atoms with E-state index in [4.69, 9.17) is 5.26 Å². The zero-order valence-electron chi connectivity index (χ0n) is 7.43. The number of allylic oxidation sites excluding steroid dienone is 4. The maximum atomic E-state index is 12.7. The molecule has 76 valence electrons. The average molecular weight is 203 g/mol. The Morgan fingerprint density at radius 1 is 1.50 bits per heavy atom. The first-order chi connectivity index (χ1) is 6.52. The van der Waals surface area contributed by atoms with E-state index >= 15 is 0 Å². The summed E-state index contributed by atoms with van der Waals surface area (Å²) in [6.07, 6.45) is 1.03. The molecule has 2 nitrogen and oxygen atoms in total. The van der Waals surface area contributed by atoms with Gasteiger partial charge in [-0.2, -0.15) is 5.26 Å². The SMILES string of the molecule is CC(/C=C(F)\C(F)=C/CF)C(=O)C#N. The zero-order chi connectivity index (χ0) is 11.1. The van der Waals surface area contributed by atoms with Crippen LogP contribution in [0.15, 0.2) is 23.8 Å². The second kappa shape index (κ2) is 5.97. The van der Waals surface area contributed by atoms with Gasteiger partial charge in [0.1, 0.15) is 12.7 Å². The van der Waals surface area contributed by atoms with E-state index in [1.165, 1.54) is 13.0 Å². The monoisotopic (exact) mass is 203 g/mol. The van der Waals surface area contributed by atoms with E-state index < -0.39 is 30.0 Å². The summed E-state index contributed by atoms with van der Waals surface area (Å²) in [4.78, 5) is 10.6. The number of ketones is 1. The molecular weight excluding hydrogens is 195 g/mol. The Hall–Kier alpha value is -1.57. The van der Waals surface area contributed by atoms with Crippen LogP contribution in [-0.4, -0.2) is 12.5 Å². The highest BCUT2D eigenvalue weighted by Crippen LogP contribution is 2.16. The van der Waals surface area contributed by atoms with Crippen LogP contribution in [-0.2, 0) is 4.79 Å². The van der Waals surface area contributed by atoms with Crippen LogP contribution in [0, 0.1) is 17.2 Å². The Labute approximate surface area is 79.3 Å². The van der Waals surface area contributed by atoms with Gasteiger partial charge >= 0.3 is 0 Å². The fraction of sp³-hybridized carbons (Fsp3) is 0.333. The number of hydrogen-bond donors (Lipinski definition) is 0. The van der Waals surface area contributed by atoms with Gasteiger partial charge in [-0.3, -0.25) is 4.79 Å². The van der Waals surface area contributed by atoms with Crippen molar-refractivity contribution in [3.8, 4) is 6.07 Å². The molecule has 5 heteroatoms. The minimum Gasteiger partial charge on any atom is -0.282 e. The second-order valence-corrected chi connectivity index (χ2v) is 2.49. The van der Waals surface area contributed by atoms with E-state index in [1.807, 2.05) is 0 Å². The molecular formula is C9H8F3NO. The Morgan fingerprint density at radius 3 is 2.50 bits per heavy atom. The first kappa shape index (κ1) is 12.4. The Morgan fingerprint density at radius 2 is 2.07 bits per heavy atom. The van der Waals surface area contributed by atoms with Gasteiger partial charge in [0.05, 0.1) is 5.92 Å². The van der Waals surface area contributed by atoms with E-state index in [-0.39, 0.29) is 0 Å². The molecule has 0 aromatic rings. The standard InChI is InChI=1S/C9H8F3NO/c1-6(9(14)5-13)4-8(12)7(11)2-3-10/h2,4,6H,3H2,1H3/b7-2+,8-4+. The van der Waals surface area contributed by atoms with Crippen molar-refractivity contribution in [2.24, 2.45) is 5.92 Å². The van der Waals surface area contributed by atoms with Crippen LogP contribution in [0.5, 0.6) is 0 Å². The van der Waals surface area contributed by atoms with Crippen molar-refractivity contribution in [3.63, 3.8) is 0 Å². The quantitative estimate of drug-likeness (QED) is 0.520. The molecule has 1 atom stereocenters. The molecule has 0 bridgehead atoms. The molecule has 0 amide bonds. The molecule has 0 aromatic carbocycles. The number of rotatable bonds is 4. The number of nitrogens with zero attached hydrogens (tertiary/aromatic N) is 1. The summed E-state index contributed by atoms with van der Waals surface area (Å²) >= 11 is 0. The summed E-state index contributed by atoms with van der Waals surface area (Å²) in [5, 5.41) is 8.14. The third-order valence-corrected chi connectivity index (χ3v) is 1.40. The number of Topliss-reactive ketones (excluding diaryl/α,β-unsaturated/α-hetero) is 1. The van der Waals surface area contributed by atoms with Crippen LogP contribution >= 0.6 is 0 Å². The number of carbonyl (C=O) groups excluding carboxylic acids is 1. The number of nitriles is 1. The third kappa shape index (κ3) is 3.90. The van der Waals surface area contributed by atoms with Crippen molar-refractivity contribution in [2.75, 3.05) is 6.67 Å². The van der Waals surface area contributed by atoms with Gasteiger partial charge in [-0.1, -0.05) is 6.92 Å². The summed E-state index contributed by atoms with van der Waals surface area (Å²) in [6.45, 7) is 0.113. The molecule has 0 heterocycles. The maximum Gasteiger partial charge on any atom is 0.238 e. The molecule has 0 fully saturated rings. The predicted molar refractivity (Wildman–Crippen MR) is 44.1 cm³/mol. The van der Waals surface area contributed by atoms with E-state index in [2.05, 4.69) is 0 Å². The second-order valence-electron chi connectivity index (χ2n) is 2.49. The average Bonchev–Trinajstić information content (AvgIpc) is 2.16. The highest BCUT2D eigenvalue weighted by atomic mass is 19.2. The lowest BCUT2D eigenvalue weighted by molar-refractivity contribution is -0.115. The lowest BCUT2D eigenvalue weighted by Crippen LogP contribution is -2.05. The van der Waals surface area contributed by atoms with Crippen molar-refractivity contribution >= 4 is 5.78 Å². The molecule has 0 spiro atoms. The van der Waals surface area contributed by atoms with E-state index in [1.54, 1.807) is 0 Å². The summed E-state index contributed by atoms with van der Waals surface area (Å²) in [5.41, 5.74) is 0. The fourth-order valence-electron chi connectivity index (χ4n) is 0.642. The van der Waals surface area contributed by atoms with Crippen LogP contribution in [0.2, 0.25) is 0 Å². The summed E-state index contributed by atoms with van der Waals surface area (Å²) in [6, 6.07) is 1.27. The number of alkyl halides is 1. The number of halogens is 3. The third-order valence-electron chi connectivity index (χ3n) is 1.40. The zero-order valence-corrected chi connectivity index (χ0v) is 7.43. The number of carbonyl (C=O) groups is 1. The van der Waals surface area contributed by atoms with Gasteiger partial charge < -0.3 is 0 Å². The Kier molecular flexibility index (Phi) is 5.30. The van der Waals surface area contributed by atoms with Crippen molar-refractivity contribution in [3.05, 3.63) is 23.8 Å². The van der Waals surface area contributed by atoms with Gasteiger partial charge in [0.25, 0.3) is 0 Å². The van der Waals surface area contributed by atoms with Crippen LogP contribution in [0.1, 0.15) is 6.92 Å². The van der Waals surface area contributed by atoms with Crippen molar-refractivity contribution in [1.29, 1.82) is 5.26 Å². The van der Waals surface area contributed by atoms with Crippen LogP contribution in [0.4, 0.5) is 13.2 Å². The van der Waals surface area contributed by atoms with E-state index in [9.17, 15) is 18.0 Å². The van der Waals surface area contributed by atoms with Crippen LogP contribution in [0.3, 0.4) is 0 Å². The lowest BCUT2D eigenvalue weighted by atomic mass is 10.1. The largest absolute Gasteiger partial charge is 0.282 e.